The van der Waals surface area contributed by atoms with Crippen LogP contribution in [0.1, 0.15) is 0 Å². The second-order valence-corrected chi connectivity index (χ2v) is 9.07. The van der Waals surface area contributed by atoms with Gasteiger partial charge < -0.3 is 0 Å². The van der Waals surface area contributed by atoms with Gasteiger partial charge in [-0.1, -0.05) is 69.2 Å². The van der Waals surface area contributed by atoms with Crippen molar-refractivity contribution in [1.29, 1.82) is 0 Å². The molecule has 0 nitrogen and oxygen atoms in total. The molecule has 0 unspecified atom stereocenters. The van der Waals surface area contributed by atoms with Gasteiger partial charge in [0.05, 0.1) is 0 Å². The molecule has 19 heavy (non-hydrogen) atoms. The van der Waals surface area contributed by atoms with Gasteiger partial charge in [0, 0.05) is 0 Å². The number of rotatable bonds is 2. The van der Waals surface area contributed by atoms with E-state index in [1.807, 2.05) is 0 Å². The van der Waals surface area contributed by atoms with E-state index >= 15 is 0 Å². The van der Waals surface area contributed by atoms with E-state index in [0.717, 1.165) is 8.58 Å². The first kappa shape index (κ1) is 20.4. The minimum absolute atomic E-state index is 0.106. The molecule has 0 saturated heterocycles. The minimum atomic E-state index is -0.106. The molecular formula is C12H11Cl4PPd2. The quantitative estimate of drug-likeness (QED) is 0.369. The van der Waals surface area contributed by atoms with Crippen LogP contribution in [0.5, 0.6) is 0 Å². The largest absolute Gasteiger partial charge is 0.0622 e. The number of hydrogen-bond acceptors (Lipinski definition) is 0. The second kappa shape index (κ2) is 15.7. The summed E-state index contributed by atoms with van der Waals surface area (Å²) in [5, 5.41) is 2.79. The van der Waals surface area contributed by atoms with Crippen molar-refractivity contribution >= 4 is 57.3 Å². The minimum Gasteiger partial charge on any atom is -0.0622 e. The molecular weight excluding hydrogens is 530 g/mol. The number of halogens is 4. The first-order valence-corrected chi connectivity index (χ1v) is 13.8. The van der Waals surface area contributed by atoms with Crippen LogP contribution < -0.4 is 10.6 Å². The van der Waals surface area contributed by atoms with E-state index in [2.05, 4.69) is 60.7 Å². The van der Waals surface area contributed by atoms with Crippen LogP contribution in [0.4, 0.5) is 0 Å². The smallest absolute Gasteiger partial charge is 0.0226 e. The van der Waals surface area contributed by atoms with Gasteiger partial charge in [-0.25, -0.2) is 0 Å². The van der Waals surface area contributed by atoms with Crippen LogP contribution in [0, 0.1) is 0 Å². The number of benzene rings is 2. The van der Waals surface area contributed by atoms with Gasteiger partial charge in [0.1, 0.15) is 0 Å². The van der Waals surface area contributed by atoms with Crippen molar-refractivity contribution in [2.24, 2.45) is 0 Å². The van der Waals surface area contributed by atoms with Crippen LogP contribution in [0.2, 0.25) is 0 Å². The van der Waals surface area contributed by atoms with E-state index in [0.29, 0.717) is 0 Å². The van der Waals surface area contributed by atoms with Gasteiger partial charge in [-0.05, 0) is 10.6 Å². The Hall–Kier alpha value is 1.35. The van der Waals surface area contributed by atoms with E-state index < -0.39 is 0 Å². The Balaban J connectivity index is 0.000000465. The van der Waals surface area contributed by atoms with E-state index in [4.69, 9.17) is 38.1 Å². The van der Waals surface area contributed by atoms with Crippen LogP contribution in [0.15, 0.2) is 60.7 Å². The maximum absolute atomic E-state index is 4.81. The molecule has 2 aromatic carbocycles. The van der Waals surface area contributed by atoms with Crippen molar-refractivity contribution in [3.8, 4) is 0 Å². The zero-order valence-electron chi connectivity index (χ0n) is 9.42. The summed E-state index contributed by atoms with van der Waals surface area (Å²) < 4.78 is 0. The molecule has 0 aliphatic carbocycles. The fraction of sp³-hybridized carbons (Fsp3) is 0. The molecule has 0 fully saturated rings. The molecule has 7 heteroatoms. The van der Waals surface area contributed by atoms with Crippen molar-refractivity contribution in [2.75, 3.05) is 0 Å². The van der Waals surface area contributed by atoms with Gasteiger partial charge in [-0.3, -0.25) is 0 Å². The Bertz CT molecular complexity index is 363. The third kappa shape index (κ3) is 12.8. The van der Waals surface area contributed by atoms with Gasteiger partial charge in [-0.15, -0.1) is 0 Å². The maximum Gasteiger partial charge on any atom is -0.0226 e. The van der Waals surface area contributed by atoms with Gasteiger partial charge in [-0.2, -0.15) is 0 Å². The Morgan fingerprint density at radius 3 is 1.11 bits per heavy atom. The summed E-state index contributed by atoms with van der Waals surface area (Å²) in [4.78, 5) is 0. The predicted molar refractivity (Wildman–Crippen MR) is 83.9 cm³/mol. The molecule has 0 radical (unpaired) electrons. The van der Waals surface area contributed by atoms with Gasteiger partial charge >= 0.3 is 70.0 Å². The van der Waals surface area contributed by atoms with E-state index in [1.54, 1.807) is 0 Å². The average molecular weight is 541 g/mol. The Morgan fingerprint density at radius 2 is 0.842 bits per heavy atom. The van der Waals surface area contributed by atoms with Crippen LogP contribution >= 0.6 is 46.7 Å². The summed E-state index contributed by atoms with van der Waals surface area (Å²) in [6, 6.07) is 21.2. The zero-order valence-corrected chi connectivity index (χ0v) is 16.6. The summed E-state index contributed by atoms with van der Waals surface area (Å²) >= 11 is -0.211. The molecule has 0 atom stereocenters. The fourth-order valence-corrected chi connectivity index (χ4v) is 2.26. The van der Waals surface area contributed by atoms with Crippen molar-refractivity contribution in [3.63, 3.8) is 0 Å². The molecule has 0 saturated carbocycles. The molecule has 0 heterocycles. The van der Waals surface area contributed by atoms with Gasteiger partial charge in [0.15, 0.2) is 0 Å². The molecule has 2 rings (SSSR count). The standard InChI is InChI=1S/C12H11P.4ClH.2Pd/c1-3-7-11(8-4-1)13-12-9-5-2-6-10-12;;;;;;/h1-10,13H;4*1H;;/q;;;;;2*+2/p-4. The van der Waals surface area contributed by atoms with E-state index in [-0.39, 0.29) is 31.9 Å². The Labute approximate surface area is 148 Å². The summed E-state index contributed by atoms with van der Waals surface area (Å²) in [5.74, 6) is 0. The van der Waals surface area contributed by atoms with Gasteiger partial charge in [0.2, 0.25) is 0 Å². The molecule has 112 valence electrons. The fourth-order valence-electron chi connectivity index (χ4n) is 1.21. The summed E-state index contributed by atoms with van der Waals surface area (Å²) in [6.07, 6.45) is 0. The Morgan fingerprint density at radius 1 is 0.579 bits per heavy atom. The van der Waals surface area contributed by atoms with Crippen molar-refractivity contribution in [2.45, 2.75) is 0 Å². The maximum atomic E-state index is 4.81. The zero-order chi connectivity index (χ0) is 14.3. The second-order valence-electron chi connectivity index (χ2n) is 2.95. The van der Waals surface area contributed by atoms with Crippen molar-refractivity contribution in [1.82, 2.24) is 0 Å². The third-order valence-electron chi connectivity index (χ3n) is 1.84. The third-order valence-corrected chi connectivity index (χ3v) is 3.08. The molecule has 0 aliphatic rings. The summed E-state index contributed by atoms with van der Waals surface area (Å²) in [6.45, 7) is 0. The van der Waals surface area contributed by atoms with E-state index in [9.17, 15) is 0 Å². The van der Waals surface area contributed by atoms with Crippen molar-refractivity contribution in [3.05, 3.63) is 60.7 Å². The Kier molecular flexibility index (Phi) is 16.9. The molecule has 0 aliphatic heterocycles. The van der Waals surface area contributed by atoms with Crippen LogP contribution in [-0.4, -0.2) is 0 Å². The first-order chi connectivity index (χ1) is 9.28. The molecule has 0 amide bonds. The number of hydrogen-bond donors (Lipinski definition) is 0. The summed E-state index contributed by atoms with van der Waals surface area (Å²) in [5.41, 5.74) is 0. The van der Waals surface area contributed by atoms with E-state index in [1.165, 1.54) is 10.6 Å². The monoisotopic (exact) mass is 538 g/mol. The molecule has 2 aromatic rings. The predicted octanol–water partition coefficient (Wildman–Crippen LogP) is 5.07. The van der Waals surface area contributed by atoms with Gasteiger partial charge in [0.25, 0.3) is 0 Å². The summed E-state index contributed by atoms with van der Waals surface area (Å²) in [7, 11) is 20.0. The molecule has 0 bridgehead atoms. The average Bonchev–Trinajstić information content (AvgIpc) is 2.43. The topological polar surface area (TPSA) is 0 Å². The first-order valence-electron chi connectivity index (χ1n) is 4.80. The SMILES string of the molecule is [Cl][Pd][Cl].[Cl][Pd][Cl].c1ccc(Pc2ccccc2)cc1. The molecule has 0 spiro atoms. The van der Waals surface area contributed by atoms with Crippen molar-refractivity contribution < 1.29 is 31.9 Å². The molecule has 0 aromatic heterocycles. The normalized spacial score (nSPS) is 9.05. The van der Waals surface area contributed by atoms with Crippen LogP contribution in [0.3, 0.4) is 0 Å². The molecule has 0 N–H and O–H groups in total. The van der Waals surface area contributed by atoms with Crippen LogP contribution in [0.25, 0.3) is 0 Å². The van der Waals surface area contributed by atoms with Crippen LogP contribution in [-0.2, 0) is 31.9 Å².